The first-order valence-corrected chi connectivity index (χ1v) is 5.59. The van der Waals surface area contributed by atoms with E-state index in [2.05, 4.69) is 24.1 Å². The van der Waals surface area contributed by atoms with E-state index in [-0.39, 0.29) is 18.0 Å². The molecule has 0 saturated heterocycles. The lowest BCUT2D eigenvalue weighted by molar-refractivity contribution is -0.123. The number of likely N-dealkylation sites (N-methyl/N-ethyl adjacent to an activating group) is 1. The third kappa shape index (κ3) is 5.74. The van der Waals surface area contributed by atoms with E-state index < -0.39 is 0 Å². The number of nitrogens with zero attached hydrogens (tertiary/aromatic N) is 1. The predicted octanol–water partition coefficient (Wildman–Crippen LogP) is 0.426. The molecule has 0 aromatic heterocycles. The van der Waals surface area contributed by atoms with Gasteiger partial charge in [0.05, 0.1) is 6.04 Å². The molecule has 2 unspecified atom stereocenters. The first-order valence-electron chi connectivity index (χ1n) is 5.59. The number of amides is 1. The summed E-state index contributed by atoms with van der Waals surface area (Å²) in [4.78, 5) is 13.7. The standard InChI is InChI=1S/C11H25N3O/c1-6-9(12)11(15)13-10(8(2)3)7-14(4)5/h8-10H,6-7,12H2,1-5H3,(H,13,15). The van der Waals surface area contributed by atoms with Crippen LogP contribution >= 0.6 is 0 Å². The minimum atomic E-state index is -0.381. The van der Waals surface area contributed by atoms with Gasteiger partial charge in [0.1, 0.15) is 0 Å². The maximum absolute atomic E-state index is 11.6. The summed E-state index contributed by atoms with van der Waals surface area (Å²) >= 11 is 0. The summed E-state index contributed by atoms with van der Waals surface area (Å²) in [5.41, 5.74) is 5.67. The molecular weight excluding hydrogens is 190 g/mol. The second kappa shape index (κ2) is 6.80. The van der Waals surface area contributed by atoms with Crippen molar-refractivity contribution in [3.05, 3.63) is 0 Å². The van der Waals surface area contributed by atoms with Crippen LogP contribution in [0, 0.1) is 5.92 Å². The smallest absolute Gasteiger partial charge is 0.237 e. The maximum Gasteiger partial charge on any atom is 0.237 e. The second-order valence-corrected chi connectivity index (χ2v) is 4.64. The predicted molar refractivity (Wildman–Crippen MR) is 63.6 cm³/mol. The Morgan fingerprint density at radius 2 is 1.93 bits per heavy atom. The van der Waals surface area contributed by atoms with Crippen LogP contribution in [0.1, 0.15) is 27.2 Å². The van der Waals surface area contributed by atoms with Gasteiger partial charge in [-0.25, -0.2) is 0 Å². The Labute approximate surface area is 93.2 Å². The Morgan fingerprint density at radius 1 is 1.40 bits per heavy atom. The topological polar surface area (TPSA) is 58.4 Å². The Morgan fingerprint density at radius 3 is 2.27 bits per heavy atom. The van der Waals surface area contributed by atoms with Gasteiger partial charge in [-0.3, -0.25) is 4.79 Å². The van der Waals surface area contributed by atoms with Gasteiger partial charge in [0.15, 0.2) is 0 Å². The summed E-state index contributed by atoms with van der Waals surface area (Å²) in [5.74, 6) is 0.374. The van der Waals surface area contributed by atoms with E-state index in [1.54, 1.807) is 0 Å². The highest BCUT2D eigenvalue weighted by atomic mass is 16.2. The summed E-state index contributed by atoms with van der Waals surface area (Å²) in [6.07, 6.45) is 0.679. The summed E-state index contributed by atoms with van der Waals surface area (Å²) in [6.45, 7) is 6.97. The van der Waals surface area contributed by atoms with Crippen LogP contribution in [0.4, 0.5) is 0 Å². The molecule has 0 fully saturated rings. The van der Waals surface area contributed by atoms with Crippen molar-refractivity contribution in [3.8, 4) is 0 Å². The van der Waals surface area contributed by atoms with E-state index in [1.165, 1.54) is 0 Å². The third-order valence-electron chi connectivity index (χ3n) is 2.47. The first kappa shape index (κ1) is 14.4. The van der Waals surface area contributed by atoms with Gasteiger partial charge in [0.25, 0.3) is 0 Å². The zero-order valence-corrected chi connectivity index (χ0v) is 10.6. The van der Waals surface area contributed by atoms with E-state index in [9.17, 15) is 4.79 Å². The van der Waals surface area contributed by atoms with Gasteiger partial charge in [-0.15, -0.1) is 0 Å². The van der Waals surface area contributed by atoms with Crippen molar-refractivity contribution in [2.75, 3.05) is 20.6 Å². The van der Waals surface area contributed by atoms with E-state index in [0.29, 0.717) is 12.3 Å². The molecule has 3 N–H and O–H groups in total. The molecule has 4 nitrogen and oxygen atoms in total. The molecule has 15 heavy (non-hydrogen) atoms. The van der Waals surface area contributed by atoms with Gasteiger partial charge in [-0.05, 0) is 26.4 Å². The van der Waals surface area contributed by atoms with Crippen LogP contribution in [-0.2, 0) is 4.79 Å². The Hall–Kier alpha value is -0.610. The molecule has 0 saturated carbocycles. The van der Waals surface area contributed by atoms with Gasteiger partial charge in [0, 0.05) is 12.6 Å². The van der Waals surface area contributed by atoms with Crippen molar-refractivity contribution in [3.63, 3.8) is 0 Å². The van der Waals surface area contributed by atoms with E-state index in [1.807, 2.05) is 21.0 Å². The molecule has 0 aliphatic carbocycles. The molecule has 0 radical (unpaired) electrons. The van der Waals surface area contributed by atoms with E-state index in [0.717, 1.165) is 6.54 Å². The summed E-state index contributed by atoms with van der Waals surface area (Å²) in [6, 6.07) is -0.210. The lowest BCUT2D eigenvalue weighted by Crippen LogP contribution is -2.50. The van der Waals surface area contributed by atoms with Gasteiger partial charge < -0.3 is 16.0 Å². The Kier molecular flexibility index (Phi) is 6.52. The third-order valence-corrected chi connectivity index (χ3v) is 2.47. The summed E-state index contributed by atoms with van der Waals surface area (Å²) in [5, 5.41) is 2.99. The average Bonchev–Trinajstić information content (AvgIpc) is 2.14. The zero-order valence-electron chi connectivity index (χ0n) is 10.6. The van der Waals surface area contributed by atoms with Gasteiger partial charge in [-0.2, -0.15) is 0 Å². The first-order chi connectivity index (χ1) is 6.88. The lowest BCUT2D eigenvalue weighted by Gasteiger charge is -2.26. The zero-order chi connectivity index (χ0) is 12.0. The molecule has 1 amide bonds. The van der Waals surface area contributed by atoms with Crippen molar-refractivity contribution in [2.24, 2.45) is 11.7 Å². The molecule has 0 aromatic rings. The number of nitrogens with one attached hydrogen (secondary N) is 1. The van der Waals surface area contributed by atoms with Crippen LogP contribution in [0.2, 0.25) is 0 Å². The monoisotopic (exact) mass is 215 g/mol. The number of rotatable bonds is 6. The fraction of sp³-hybridized carbons (Fsp3) is 0.909. The van der Waals surface area contributed by atoms with E-state index in [4.69, 9.17) is 5.73 Å². The Bertz CT molecular complexity index is 192. The molecule has 90 valence electrons. The van der Waals surface area contributed by atoms with Crippen LogP contribution in [0.3, 0.4) is 0 Å². The fourth-order valence-corrected chi connectivity index (χ4v) is 1.29. The Balaban J connectivity index is 4.22. The number of hydrogen-bond acceptors (Lipinski definition) is 3. The lowest BCUT2D eigenvalue weighted by atomic mass is 10.0. The van der Waals surface area contributed by atoms with Crippen LogP contribution in [0.25, 0.3) is 0 Å². The largest absolute Gasteiger partial charge is 0.350 e. The molecule has 0 aliphatic heterocycles. The van der Waals surface area contributed by atoms with E-state index >= 15 is 0 Å². The molecule has 0 bridgehead atoms. The second-order valence-electron chi connectivity index (χ2n) is 4.64. The van der Waals surface area contributed by atoms with Gasteiger partial charge in [-0.1, -0.05) is 20.8 Å². The molecule has 0 aliphatic rings. The van der Waals surface area contributed by atoms with Crippen molar-refractivity contribution < 1.29 is 4.79 Å². The average molecular weight is 215 g/mol. The minimum absolute atomic E-state index is 0.0435. The van der Waals surface area contributed by atoms with Crippen molar-refractivity contribution in [1.82, 2.24) is 10.2 Å². The SMILES string of the molecule is CCC(N)C(=O)NC(CN(C)C)C(C)C. The quantitative estimate of drug-likeness (QED) is 0.675. The molecule has 0 heterocycles. The fourth-order valence-electron chi connectivity index (χ4n) is 1.29. The highest BCUT2D eigenvalue weighted by molar-refractivity contribution is 5.81. The molecule has 0 spiro atoms. The van der Waals surface area contributed by atoms with Crippen molar-refractivity contribution >= 4 is 5.91 Å². The van der Waals surface area contributed by atoms with Crippen LogP contribution in [0.5, 0.6) is 0 Å². The number of carbonyl (C=O) groups excluding carboxylic acids is 1. The molecular formula is C11H25N3O. The number of hydrogen-bond donors (Lipinski definition) is 2. The van der Waals surface area contributed by atoms with Gasteiger partial charge >= 0.3 is 0 Å². The molecule has 0 aromatic carbocycles. The minimum Gasteiger partial charge on any atom is -0.350 e. The number of nitrogens with two attached hydrogens (primary N) is 1. The summed E-state index contributed by atoms with van der Waals surface area (Å²) in [7, 11) is 4.00. The van der Waals surface area contributed by atoms with Crippen LogP contribution in [-0.4, -0.2) is 43.5 Å². The highest BCUT2D eigenvalue weighted by Gasteiger charge is 2.19. The van der Waals surface area contributed by atoms with Crippen LogP contribution < -0.4 is 11.1 Å². The van der Waals surface area contributed by atoms with Crippen molar-refractivity contribution in [1.29, 1.82) is 0 Å². The maximum atomic E-state index is 11.6. The highest BCUT2D eigenvalue weighted by Crippen LogP contribution is 2.03. The molecule has 4 heteroatoms. The van der Waals surface area contributed by atoms with Crippen LogP contribution in [0.15, 0.2) is 0 Å². The molecule has 2 atom stereocenters. The normalized spacial score (nSPS) is 15.5. The molecule has 0 rings (SSSR count). The van der Waals surface area contributed by atoms with Crippen molar-refractivity contribution in [2.45, 2.75) is 39.3 Å². The summed E-state index contributed by atoms with van der Waals surface area (Å²) < 4.78 is 0. The van der Waals surface area contributed by atoms with Gasteiger partial charge in [0.2, 0.25) is 5.91 Å². The number of carbonyl (C=O) groups is 1.